The number of aromatic hydroxyl groups is 1. The summed E-state index contributed by atoms with van der Waals surface area (Å²) in [6.45, 7) is 1.89. The van der Waals surface area contributed by atoms with E-state index in [0.29, 0.717) is 10.7 Å². The summed E-state index contributed by atoms with van der Waals surface area (Å²) in [5.74, 6) is -0.458. The van der Waals surface area contributed by atoms with Crippen LogP contribution in [-0.4, -0.2) is 11.0 Å². The lowest BCUT2D eigenvalue weighted by Crippen LogP contribution is -2.12. The maximum atomic E-state index is 12.1. The highest BCUT2D eigenvalue weighted by molar-refractivity contribution is 9.10. The van der Waals surface area contributed by atoms with Gasteiger partial charge in [-0.1, -0.05) is 27.5 Å². The Bertz CT molecular complexity index is 623. The Hall–Kier alpha value is -1.52. The first-order chi connectivity index (χ1) is 8.95. The maximum Gasteiger partial charge on any atom is 0.259 e. The second-order valence-electron chi connectivity index (χ2n) is 4.13. The smallest absolute Gasteiger partial charge is 0.259 e. The lowest BCUT2D eigenvalue weighted by Gasteiger charge is -2.08. The van der Waals surface area contributed by atoms with E-state index in [1.54, 1.807) is 30.3 Å². The monoisotopic (exact) mass is 339 g/mol. The molecule has 0 radical (unpaired) electrons. The summed E-state index contributed by atoms with van der Waals surface area (Å²) >= 11 is 9.19. The van der Waals surface area contributed by atoms with Gasteiger partial charge in [0.05, 0.1) is 5.56 Å². The number of amides is 1. The van der Waals surface area contributed by atoms with Gasteiger partial charge in [-0.25, -0.2) is 0 Å². The fraction of sp³-hybridized carbons (Fsp3) is 0.0714. The predicted molar refractivity (Wildman–Crippen MR) is 79.9 cm³/mol. The van der Waals surface area contributed by atoms with E-state index in [-0.39, 0.29) is 17.2 Å². The quantitative estimate of drug-likeness (QED) is 0.853. The Kier molecular flexibility index (Phi) is 4.12. The topological polar surface area (TPSA) is 49.3 Å². The number of halogens is 2. The summed E-state index contributed by atoms with van der Waals surface area (Å²) in [6, 6.07) is 9.94. The maximum absolute atomic E-state index is 12.1. The van der Waals surface area contributed by atoms with E-state index >= 15 is 0 Å². The molecule has 0 fully saturated rings. The van der Waals surface area contributed by atoms with Crippen LogP contribution >= 0.6 is 27.5 Å². The van der Waals surface area contributed by atoms with Crippen LogP contribution in [-0.2, 0) is 0 Å². The number of aryl methyl sites for hydroxylation is 1. The number of anilines is 1. The molecule has 2 rings (SSSR count). The van der Waals surface area contributed by atoms with Crippen LogP contribution in [0.3, 0.4) is 0 Å². The highest BCUT2D eigenvalue weighted by Gasteiger charge is 2.12. The number of phenolic OH excluding ortho intramolecular Hbond substituents is 1. The molecule has 2 aromatic rings. The first-order valence-corrected chi connectivity index (χ1v) is 6.70. The molecule has 0 aliphatic carbocycles. The lowest BCUT2D eigenvalue weighted by atomic mass is 10.1. The van der Waals surface area contributed by atoms with E-state index in [2.05, 4.69) is 21.2 Å². The molecular weight excluding hydrogens is 330 g/mol. The molecule has 0 aromatic heterocycles. The van der Waals surface area contributed by atoms with Crippen molar-refractivity contribution in [1.29, 1.82) is 0 Å². The minimum absolute atomic E-state index is 0.0700. The van der Waals surface area contributed by atoms with Gasteiger partial charge in [-0.2, -0.15) is 0 Å². The van der Waals surface area contributed by atoms with Gasteiger partial charge in [-0.05, 0) is 48.9 Å². The molecule has 0 unspecified atom stereocenters. The van der Waals surface area contributed by atoms with Crippen LogP contribution < -0.4 is 5.32 Å². The fourth-order valence-corrected chi connectivity index (χ4v) is 2.35. The van der Waals surface area contributed by atoms with E-state index in [1.165, 1.54) is 6.07 Å². The van der Waals surface area contributed by atoms with Gasteiger partial charge in [-0.15, -0.1) is 0 Å². The van der Waals surface area contributed by atoms with Crippen LogP contribution in [0.25, 0.3) is 0 Å². The van der Waals surface area contributed by atoms with Crippen LogP contribution in [0.4, 0.5) is 5.69 Å². The van der Waals surface area contributed by atoms with Gasteiger partial charge in [0.1, 0.15) is 5.75 Å². The largest absolute Gasteiger partial charge is 0.507 e. The van der Waals surface area contributed by atoms with Gasteiger partial charge in [0.2, 0.25) is 0 Å². The van der Waals surface area contributed by atoms with Crippen molar-refractivity contribution >= 4 is 39.1 Å². The molecule has 0 spiro atoms. The van der Waals surface area contributed by atoms with Crippen molar-refractivity contribution < 1.29 is 9.90 Å². The van der Waals surface area contributed by atoms with Crippen molar-refractivity contribution in [2.45, 2.75) is 6.92 Å². The Morgan fingerprint density at radius 3 is 2.68 bits per heavy atom. The van der Waals surface area contributed by atoms with Crippen molar-refractivity contribution in [3.05, 3.63) is 57.0 Å². The summed E-state index contributed by atoms with van der Waals surface area (Å²) in [7, 11) is 0. The van der Waals surface area contributed by atoms with E-state index in [9.17, 15) is 9.90 Å². The van der Waals surface area contributed by atoms with Crippen LogP contribution in [0.2, 0.25) is 5.02 Å². The molecule has 98 valence electrons. The van der Waals surface area contributed by atoms with E-state index in [4.69, 9.17) is 11.6 Å². The van der Waals surface area contributed by atoms with Gasteiger partial charge in [-0.3, -0.25) is 4.79 Å². The van der Waals surface area contributed by atoms with Crippen molar-refractivity contribution in [1.82, 2.24) is 0 Å². The Morgan fingerprint density at radius 1 is 1.26 bits per heavy atom. The second-order valence-corrected chi connectivity index (χ2v) is 5.48. The van der Waals surface area contributed by atoms with E-state index in [0.717, 1.165) is 10.0 Å². The van der Waals surface area contributed by atoms with Crippen LogP contribution in [0.1, 0.15) is 15.9 Å². The zero-order chi connectivity index (χ0) is 14.0. The fourth-order valence-electron chi connectivity index (χ4n) is 1.70. The van der Waals surface area contributed by atoms with Gasteiger partial charge >= 0.3 is 0 Å². The molecule has 0 bridgehead atoms. The van der Waals surface area contributed by atoms with Crippen LogP contribution in [0.5, 0.6) is 5.75 Å². The second kappa shape index (κ2) is 5.63. The third-order valence-corrected chi connectivity index (χ3v) is 3.21. The molecule has 2 aromatic carbocycles. The highest BCUT2D eigenvalue weighted by atomic mass is 79.9. The molecule has 0 heterocycles. The van der Waals surface area contributed by atoms with Crippen molar-refractivity contribution in [2.24, 2.45) is 0 Å². The minimum atomic E-state index is -0.388. The highest BCUT2D eigenvalue weighted by Crippen LogP contribution is 2.24. The predicted octanol–water partition coefficient (Wildman–Crippen LogP) is 4.37. The molecule has 3 nitrogen and oxygen atoms in total. The summed E-state index contributed by atoms with van der Waals surface area (Å²) < 4.78 is 0.720. The number of nitrogens with one attached hydrogen (secondary N) is 1. The number of rotatable bonds is 2. The van der Waals surface area contributed by atoms with E-state index < -0.39 is 0 Å². The summed E-state index contributed by atoms with van der Waals surface area (Å²) in [4.78, 5) is 12.1. The summed E-state index contributed by atoms with van der Waals surface area (Å²) in [6.07, 6.45) is 0. The zero-order valence-electron chi connectivity index (χ0n) is 10.1. The van der Waals surface area contributed by atoms with E-state index in [1.807, 2.05) is 6.92 Å². The molecule has 0 aliphatic rings. The number of benzene rings is 2. The molecule has 2 N–H and O–H groups in total. The van der Waals surface area contributed by atoms with Crippen LogP contribution in [0.15, 0.2) is 40.9 Å². The van der Waals surface area contributed by atoms with Gasteiger partial charge in [0.25, 0.3) is 5.91 Å². The average molecular weight is 341 g/mol. The standard InChI is InChI=1S/C14H11BrClNO2/c1-8-4-10(16)7-11(5-8)17-14(19)12-6-9(15)2-3-13(12)18/h2-7,18H,1H3,(H,17,19). The Morgan fingerprint density at radius 2 is 2.00 bits per heavy atom. The number of phenols is 1. The van der Waals surface area contributed by atoms with Crippen LogP contribution in [0, 0.1) is 6.92 Å². The molecule has 5 heteroatoms. The number of carbonyl (C=O) groups excluding carboxylic acids is 1. The van der Waals surface area contributed by atoms with Crippen molar-refractivity contribution in [3.8, 4) is 5.75 Å². The number of hydrogen-bond donors (Lipinski definition) is 2. The SMILES string of the molecule is Cc1cc(Cl)cc(NC(=O)c2cc(Br)ccc2O)c1. The molecule has 0 saturated carbocycles. The van der Waals surface area contributed by atoms with Gasteiger partial charge in [0, 0.05) is 15.2 Å². The first kappa shape index (κ1) is 13.9. The van der Waals surface area contributed by atoms with Gasteiger partial charge in [0.15, 0.2) is 0 Å². The van der Waals surface area contributed by atoms with Gasteiger partial charge < -0.3 is 10.4 Å². The Balaban J connectivity index is 2.28. The third kappa shape index (κ3) is 3.49. The Labute approximate surface area is 124 Å². The van der Waals surface area contributed by atoms with Crippen molar-refractivity contribution in [3.63, 3.8) is 0 Å². The first-order valence-electron chi connectivity index (χ1n) is 5.53. The summed E-state index contributed by atoms with van der Waals surface area (Å²) in [5, 5.41) is 12.9. The average Bonchev–Trinajstić information content (AvgIpc) is 2.30. The molecule has 0 atom stereocenters. The molecular formula is C14H11BrClNO2. The normalized spacial score (nSPS) is 10.3. The lowest BCUT2D eigenvalue weighted by molar-refractivity contribution is 0.102. The molecule has 19 heavy (non-hydrogen) atoms. The zero-order valence-corrected chi connectivity index (χ0v) is 12.4. The van der Waals surface area contributed by atoms with Crippen molar-refractivity contribution in [2.75, 3.05) is 5.32 Å². The third-order valence-electron chi connectivity index (χ3n) is 2.50. The molecule has 0 aliphatic heterocycles. The number of carbonyl (C=O) groups is 1. The number of hydrogen-bond acceptors (Lipinski definition) is 2. The molecule has 1 amide bonds. The minimum Gasteiger partial charge on any atom is -0.507 e. The summed E-state index contributed by atoms with van der Waals surface area (Å²) in [5.41, 5.74) is 1.74. The molecule has 0 saturated heterocycles.